The Morgan fingerprint density at radius 1 is 1.35 bits per heavy atom. The summed E-state index contributed by atoms with van der Waals surface area (Å²) in [4.78, 5) is 10.6. The van der Waals surface area contributed by atoms with Crippen LogP contribution in [0.25, 0.3) is 0 Å². The third-order valence-corrected chi connectivity index (χ3v) is 3.21. The van der Waals surface area contributed by atoms with E-state index < -0.39 is 0 Å². The molecule has 17 heavy (non-hydrogen) atoms. The van der Waals surface area contributed by atoms with Gasteiger partial charge in [0.15, 0.2) is 0 Å². The molecule has 0 N–H and O–H groups in total. The Morgan fingerprint density at radius 3 is 2.76 bits per heavy atom. The molecule has 0 unspecified atom stereocenters. The van der Waals surface area contributed by atoms with Crippen LogP contribution in [-0.4, -0.2) is 41.7 Å². The molecule has 4 nitrogen and oxygen atoms in total. The highest BCUT2D eigenvalue weighted by atomic mass is 35.5. The molecule has 0 saturated carbocycles. The SMILES string of the molecule is CN(Cc1cnc(Cl)cn1)CC1CCOCC1. The van der Waals surface area contributed by atoms with E-state index >= 15 is 0 Å². The molecule has 1 aromatic heterocycles. The Kier molecular flexibility index (Phi) is 4.71. The summed E-state index contributed by atoms with van der Waals surface area (Å²) in [5.41, 5.74) is 0.962. The second-order valence-corrected chi connectivity index (χ2v) is 4.97. The lowest BCUT2D eigenvalue weighted by Crippen LogP contribution is -2.29. The van der Waals surface area contributed by atoms with Crippen LogP contribution in [0.1, 0.15) is 18.5 Å². The zero-order valence-electron chi connectivity index (χ0n) is 10.1. The van der Waals surface area contributed by atoms with Gasteiger partial charge in [-0.25, -0.2) is 4.98 Å². The van der Waals surface area contributed by atoms with Crippen LogP contribution in [0.3, 0.4) is 0 Å². The van der Waals surface area contributed by atoms with E-state index in [2.05, 4.69) is 21.9 Å². The summed E-state index contributed by atoms with van der Waals surface area (Å²) in [5, 5.41) is 0.445. The van der Waals surface area contributed by atoms with E-state index in [1.165, 1.54) is 0 Å². The molecular weight excluding hydrogens is 238 g/mol. The Labute approximate surface area is 107 Å². The molecule has 2 rings (SSSR count). The highest BCUT2D eigenvalue weighted by molar-refractivity contribution is 6.29. The molecule has 1 fully saturated rings. The Bertz CT molecular complexity index is 338. The predicted molar refractivity (Wildman–Crippen MR) is 66.9 cm³/mol. The summed E-state index contributed by atoms with van der Waals surface area (Å²) in [6.45, 7) is 3.72. The van der Waals surface area contributed by atoms with Crippen molar-refractivity contribution in [3.05, 3.63) is 23.2 Å². The summed E-state index contributed by atoms with van der Waals surface area (Å²) in [6.07, 6.45) is 5.66. The third-order valence-electron chi connectivity index (χ3n) is 3.02. The van der Waals surface area contributed by atoms with Crippen molar-refractivity contribution in [1.82, 2.24) is 14.9 Å². The van der Waals surface area contributed by atoms with Crippen molar-refractivity contribution >= 4 is 11.6 Å². The van der Waals surface area contributed by atoms with Gasteiger partial charge in [0.1, 0.15) is 5.15 Å². The lowest BCUT2D eigenvalue weighted by molar-refractivity contribution is 0.0548. The van der Waals surface area contributed by atoms with E-state index in [9.17, 15) is 0 Å². The van der Waals surface area contributed by atoms with Crippen molar-refractivity contribution in [2.75, 3.05) is 26.8 Å². The van der Waals surface area contributed by atoms with Crippen LogP contribution in [0.5, 0.6) is 0 Å². The fraction of sp³-hybridized carbons (Fsp3) is 0.667. The maximum absolute atomic E-state index is 5.70. The molecule has 0 radical (unpaired) electrons. The van der Waals surface area contributed by atoms with Crippen molar-refractivity contribution in [2.24, 2.45) is 5.92 Å². The van der Waals surface area contributed by atoms with Crippen molar-refractivity contribution < 1.29 is 4.74 Å². The van der Waals surface area contributed by atoms with Crippen LogP contribution in [0.15, 0.2) is 12.4 Å². The summed E-state index contributed by atoms with van der Waals surface area (Å²) in [6, 6.07) is 0. The largest absolute Gasteiger partial charge is 0.381 e. The minimum absolute atomic E-state index is 0.445. The number of hydrogen-bond donors (Lipinski definition) is 0. The van der Waals surface area contributed by atoms with Gasteiger partial charge in [-0.1, -0.05) is 11.6 Å². The van der Waals surface area contributed by atoms with Gasteiger partial charge in [-0.15, -0.1) is 0 Å². The Morgan fingerprint density at radius 2 is 2.12 bits per heavy atom. The third kappa shape index (κ3) is 4.22. The van der Waals surface area contributed by atoms with Crippen LogP contribution >= 0.6 is 11.6 Å². The molecule has 0 spiro atoms. The molecule has 1 aliphatic rings. The second-order valence-electron chi connectivity index (χ2n) is 4.58. The van der Waals surface area contributed by atoms with Gasteiger partial charge in [-0.3, -0.25) is 4.98 Å². The fourth-order valence-corrected chi connectivity index (χ4v) is 2.23. The molecule has 0 amide bonds. The molecule has 1 saturated heterocycles. The van der Waals surface area contributed by atoms with Gasteiger partial charge in [0.2, 0.25) is 0 Å². The average molecular weight is 256 g/mol. The van der Waals surface area contributed by atoms with Crippen molar-refractivity contribution in [3.8, 4) is 0 Å². The first-order valence-corrected chi connectivity index (χ1v) is 6.34. The van der Waals surface area contributed by atoms with Gasteiger partial charge < -0.3 is 9.64 Å². The number of ether oxygens (including phenoxy) is 1. The van der Waals surface area contributed by atoms with Gasteiger partial charge in [-0.05, 0) is 25.8 Å². The monoisotopic (exact) mass is 255 g/mol. The molecule has 0 bridgehead atoms. The number of aromatic nitrogens is 2. The highest BCUT2D eigenvalue weighted by Crippen LogP contribution is 2.16. The van der Waals surface area contributed by atoms with E-state index in [1.54, 1.807) is 12.4 Å². The Hall–Kier alpha value is -0.710. The minimum Gasteiger partial charge on any atom is -0.381 e. The molecule has 1 aromatic rings. The van der Waals surface area contributed by atoms with Crippen LogP contribution in [0.2, 0.25) is 5.15 Å². The van der Waals surface area contributed by atoms with Crippen molar-refractivity contribution in [3.63, 3.8) is 0 Å². The maximum Gasteiger partial charge on any atom is 0.147 e. The summed E-state index contributed by atoms with van der Waals surface area (Å²) in [7, 11) is 2.12. The number of rotatable bonds is 4. The fourth-order valence-electron chi connectivity index (χ4n) is 2.13. The van der Waals surface area contributed by atoms with Gasteiger partial charge in [-0.2, -0.15) is 0 Å². The summed E-state index contributed by atoms with van der Waals surface area (Å²) < 4.78 is 5.36. The zero-order valence-corrected chi connectivity index (χ0v) is 10.9. The Balaban J connectivity index is 1.79. The van der Waals surface area contributed by atoms with Gasteiger partial charge in [0, 0.05) is 26.3 Å². The lowest BCUT2D eigenvalue weighted by atomic mass is 10.00. The van der Waals surface area contributed by atoms with Crippen LogP contribution in [0, 0.1) is 5.92 Å². The van der Waals surface area contributed by atoms with Crippen molar-refractivity contribution in [1.29, 1.82) is 0 Å². The summed E-state index contributed by atoms with van der Waals surface area (Å²) >= 11 is 5.70. The zero-order chi connectivity index (χ0) is 12.1. The smallest absolute Gasteiger partial charge is 0.147 e. The number of halogens is 1. The molecular formula is C12H18ClN3O. The average Bonchev–Trinajstić information content (AvgIpc) is 2.33. The van der Waals surface area contributed by atoms with E-state index in [-0.39, 0.29) is 0 Å². The standard InChI is InChI=1S/C12H18ClN3O/c1-16(8-10-2-4-17-5-3-10)9-11-6-15-12(13)7-14-11/h6-7,10H,2-5,8-9H2,1H3. The predicted octanol–water partition coefficient (Wildman–Crippen LogP) is 1.99. The van der Waals surface area contributed by atoms with E-state index in [4.69, 9.17) is 16.3 Å². The topological polar surface area (TPSA) is 38.2 Å². The minimum atomic E-state index is 0.445. The molecule has 94 valence electrons. The van der Waals surface area contributed by atoms with E-state index in [0.29, 0.717) is 5.15 Å². The number of hydrogen-bond acceptors (Lipinski definition) is 4. The first-order chi connectivity index (χ1) is 8.24. The summed E-state index contributed by atoms with van der Waals surface area (Å²) in [5.74, 6) is 0.744. The van der Waals surface area contributed by atoms with E-state index in [0.717, 1.165) is 50.8 Å². The molecule has 0 aliphatic carbocycles. The lowest BCUT2D eigenvalue weighted by Gasteiger charge is -2.26. The van der Waals surface area contributed by atoms with Crippen LogP contribution < -0.4 is 0 Å². The molecule has 2 heterocycles. The van der Waals surface area contributed by atoms with Gasteiger partial charge in [0.05, 0.1) is 18.1 Å². The molecule has 0 aromatic carbocycles. The molecule has 1 aliphatic heterocycles. The van der Waals surface area contributed by atoms with Crippen LogP contribution in [-0.2, 0) is 11.3 Å². The first kappa shape index (κ1) is 12.7. The van der Waals surface area contributed by atoms with E-state index in [1.807, 2.05) is 0 Å². The number of nitrogens with zero attached hydrogens (tertiary/aromatic N) is 3. The maximum atomic E-state index is 5.70. The first-order valence-electron chi connectivity index (χ1n) is 5.97. The normalized spacial score (nSPS) is 17.6. The molecule has 5 heteroatoms. The highest BCUT2D eigenvalue weighted by Gasteiger charge is 2.15. The van der Waals surface area contributed by atoms with Crippen LogP contribution in [0.4, 0.5) is 0 Å². The second kappa shape index (κ2) is 6.28. The van der Waals surface area contributed by atoms with Gasteiger partial charge >= 0.3 is 0 Å². The quantitative estimate of drug-likeness (QED) is 0.825. The molecule has 0 atom stereocenters. The van der Waals surface area contributed by atoms with Crippen molar-refractivity contribution in [2.45, 2.75) is 19.4 Å². The van der Waals surface area contributed by atoms with Gasteiger partial charge in [0.25, 0.3) is 0 Å².